The number of hydrogen-bond acceptors (Lipinski definition) is 4. The van der Waals surface area contributed by atoms with Crippen LogP contribution in [-0.2, 0) is 4.79 Å². The molecule has 0 aliphatic heterocycles. The van der Waals surface area contributed by atoms with Gasteiger partial charge in [-0.1, -0.05) is 24.3 Å². The number of aromatic nitrogens is 3. The van der Waals surface area contributed by atoms with Gasteiger partial charge in [0.25, 0.3) is 0 Å². The van der Waals surface area contributed by atoms with E-state index < -0.39 is 12.1 Å². The lowest BCUT2D eigenvalue weighted by Crippen LogP contribution is -2.21. The van der Waals surface area contributed by atoms with E-state index >= 15 is 0 Å². The van der Waals surface area contributed by atoms with Crippen LogP contribution in [0.25, 0.3) is 22.5 Å². The van der Waals surface area contributed by atoms with Crippen LogP contribution in [0.15, 0.2) is 54.7 Å². The molecule has 0 radical (unpaired) electrons. The minimum Gasteiger partial charge on any atom is -0.475 e. The summed E-state index contributed by atoms with van der Waals surface area (Å²) in [5, 5.41) is 14.0. The highest BCUT2D eigenvalue weighted by molar-refractivity contribution is 5.73. The first-order valence-corrected chi connectivity index (χ1v) is 6.90. The second-order valence-electron chi connectivity index (χ2n) is 4.80. The SMILES string of the molecule is Nc1cccc(-c2cccc(-c3ccn[nH]3)c2)n1.O=C(O)C(F)(F)F. The van der Waals surface area contributed by atoms with Crippen LogP contribution in [-0.4, -0.2) is 32.4 Å². The van der Waals surface area contributed by atoms with E-state index in [1.807, 2.05) is 36.4 Å². The van der Waals surface area contributed by atoms with Gasteiger partial charge in [-0.2, -0.15) is 18.3 Å². The van der Waals surface area contributed by atoms with E-state index in [9.17, 15) is 13.2 Å². The van der Waals surface area contributed by atoms with Crippen molar-refractivity contribution in [1.82, 2.24) is 15.2 Å². The number of pyridine rings is 1. The second-order valence-corrected chi connectivity index (χ2v) is 4.80. The van der Waals surface area contributed by atoms with Crippen LogP contribution in [0.5, 0.6) is 0 Å². The molecule has 0 amide bonds. The van der Waals surface area contributed by atoms with Crippen LogP contribution >= 0.6 is 0 Å². The number of carboxylic acids is 1. The summed E-state index contributed by atoms with van der Waals surface area (Å²) >= 11 is 0. The van der Waals surface area contributed by atoms with Crippen molar-refractivity contribution in [3.05, 3.63) is 54.7 Å². The fraction of sp³-hybridized carbons (Fsp3) is 0.0625. The monoisotopic (exact) mass is 350 g/mol. The number of H-pyrrole nitrogens is 1. The summed E-state index contributed by atoms with van der Waals surface area (Å²) in [6.45, 7) is 0. The van der Waals surface area contributed by atoms with Gasteiger partial charge < -0.3 is 10.8 Å². The number of carbonyl (C=O) groups is 1. The first-order chi connectivity index (χ1) is 11.8. The lowest BCUT2D eigenvalue weighted by Gasteiger charge is -2.04. The fourth-order valence-corrected chi connectivity index (χ4v) is 1.87. The zero-order valence-corrected chi connectivity index (χ0v) is 12.7. The Labute approximate surface area is 140 Å². The normalized spacial score (nSPS) is 10.7. The molecular formula is C16H13F3N4O2. The molecule has 3 rings (SSSR count). The highest BCUT2D eigenvalue weighted by Crippen LogP contribution is 2.24. The summed E-state index contributed by atoms with van der Waals surface area (Å²) in [6, 6.07) is 15.7. The van der Waals surface area contributed by atoms with Gasteiger partial charge in [0, 0.05) is 17.3 Å². The smallest absolute Gasteiger partial charge is 0.475 e. The summed E-state index contributed by atoms with van der Waals surface area (Å²) in [4.78, 5) is 13.2. The lowest BCUT2D eigenvalue weighted by atomic mass is 10.1. The third kappa shape index (κ3) is 5.06. The Hall–Kier alpha value is -3.36. The Morgan fingerprint density at radius 1 is 1.08 bits per heavy atom. The number of nitrogen functional groups attached to an aromatic ring is 1. The molecule has 0 atom stereocenters. The van der Waals surface area contributed by atoms with Crippen molar-refractivity contribution in [2.45, 2.75) is 6.18 Å². The molecular weight excluding hydrogens is 337 g/mol. The number of alkyl halides is 3. The van der Waals surface area contributed by atoms with Crippen LogP contribution in [0.2, 0.25) is 0 Å². The van der Waals surface area contributed by atoms with Crippen molar-refractivity contribution in [2.24, 2.45) is 0 Å². The van der Waals surface area contributed by atoms with Gasteiger partial charge in [-0.05, 0) is 24.3 Å². The number of nitrogens with zero attached hydrogens (tertiary/aromatic N) is 2. The van der Waals surface area contributed by atoms with Crippen LogP contribution < -0.4 is 5.73 Å². The number of aromatic amines is 1. The minimum atomic E-state index is -5.08. The molecule has 0 aliphatic carbocycles. The number of carboxylic acid groups (broad SMARTS) is 1. The number of benzene rings is 1. The summed E-state index contributed by atoms with van der Waals surface area (Å²) in [5.41, 5.74) is 9.67. The highest BCUT2D eigenvalue weighted by atomic mass is 19.4. The number of anilines is 1. The summed E-state index contributed by atoms with van der Waals surface area (Å²) in [6.07, 6.45) is -3.35. The van der Waals surface area contributed by atoms with E-state index in [4.69, 9.17) is 15.6 Å². The van der Waals surface area contributed by atoms with E-state index in [1.54, 1.807) is 12.3 Å². The van der Waals surface area contributed by atoms with Crippen molar-refractivity contribution >= 4 is 11.8 Å². The van der Waals surface area contributed by atoms with E-state index in [0.717, 1.165) is 22.5 Å². The lowest BCUT2D eigenvalue weighted by molar-refractivity contribution is -0.192. The van der Waals surface area contributed by atoms with Crippen molar-refractivity contribution in [3.63, 3.8) is 0 Å². The average molecular weight is 350 g/mol. The molecule has 2 heterocycles. The molecule has 0 bridgehead atoms. The number of nitrogens with one attached hydrogen (secondary N) is 1. The van der Waals surface area contributed by atoms with Gasteiger partial charge in [-0.15, -0.1) is 0 Å². The molecule has 130 valence electrons. The first-order valence-electron chi connectivity index (χ1n) is 6.90. The van der Waals surface area contributed by atoms with Gasteiger partial charge in [0.15, 0.2) is 0 Å². The molecule has 3 aromatic rings. The van der Waals surface area contributed by atoms with Crippen LogP contribution in [0.4, 0.5) is 19.0 Å². The Kier molecular flexibility index (Phi) is 5.38. The first kappa shape index (κ1) is 18.0. The molecule has 0 unspecified atom stereocenters. The van der Waals surface area contributed by atoms with Crippen LogP contribution in [0.1, 0.15) is 0 Å². The maximum Gasteiger partial charge on any atom is 0.490 e. The number of halogens is 3. The maximum absolute atomic E-state index is 10.6. The summed E-state index contributed by atoms with van der Waals surface area (Å²) in [7, 11) is 0. The molecule has 4 N–H and O–H groups in total. The van der Waals surface area contributed by atoms with Crippen molar-refractivity contribution < 1.29 is 23.1 Å². The van der Waals surface area contributed by atoms with E-state index in [0.29, 0.717) is 5.82 Å². The molecule has 6 nitrogen and oxygen atoms in total. The minimum absolute atomic E-state index is 0.527. The fourth-order valence-electron chi connectivity index (χ4n) is 1.87. The highest BCUT2D eigenvalue weighted by Gasteiger charge is 2.38. The largest absolute Gasteiger partial charge is 0.490 e. The third-order valence-corrected chi connectivity index (χ3v) is 2.98. The zero-order chi connectivity index (χ0) is 18.4. The standard InChI is InChI=1S/C14H12N4.C2HF3O2/c15-14-6-2-5-12(17-14)10-3-1-4-11(9-10)13-7-8-16-18-13;3-2(4,5)1(6)7/h1-9H,(H2,15,17)(H,16,18);(H,6,7). The van der Waals surface area contributed by atoms with Crippen molar-refractivity contribution in [3.8, 4) is 22.5 Å². The maximum atomic E-state index is 10.6. The van der Waals surface area contributed by atoms with Gasteiger partial charge >= 0.3 is 12.1 Å². The molecule has 25 heavy (non-hydrogen) atoms. The van der Waals surface area contributed by atoms with E-state index in [-0.39, 0.29) is 0 Å². The number of aliphatic carboxylic acids is 1. The van der Waals surface area contributed by atoms with Gasteiger partial charge in [-0.3, -0.25) is 5.10 Å². The average Bonchev–Trinajstić information content (AvgIpc) is 3.09. The Bertz CT molecular complexity index is 849. The second kappa shape index (κ2) is 7.47. The molecule has 0 saturated carbocycles. The molecule has 0 fully saturated rings. The van der Waals surface area contributed by atoms with Gasteiger partial charge in [0.1, 0.15) is 5.82 Å². The van der Waals surface area contributed by atoms with Gasteiger partial charge in [0.2, 0.25) is 0 Å². The number of rotatable bonds is 2. The Morgan fingerprint density at radius 2 is 1.72 bits per heavy atom. The van der Waals surface area contributed by atoms with Crippen LogP contribution in [0, 0.1) is 0 Å². The van der Waals surface area contributed by atoms with E-state index in [2.05, 4.69) is 21.2 Å². The Morgan fingerprint density at radius 3 is 2.28 bits per heavy atom. The van der Waals surface area contributed by atoms with Crippen molar-refractivity contribution in [2.75, 3.05) is 5.73 Å². The molecule has 0 spiro atoms. The Balaban J connectivity index is 0.000000277. The summed E-state index contributed by atoms with van der Waals surface area (Å²) in [5.74, 6) is -2.23. The summed E-state index contributed by atoms with van der Waals surface area (Å²) < 4.78 is 31.7. The van der Waals surface area contributed by atoms with Crippen LogP contribution in [0.3, 0.4) is 0 Å². The van der Waals surface area contributed by atoms with Crippen molar-refractivity contribution in [1.29, 1.82) is 0 Å². The molecule has 9 heteroatoms. The molecule has 0 saturated heterocycles. The molecule has 2 aromatic heterocycles. The quantitative estimate of drug-likeness (QED) is 0.657. The predicted octanol–water partition coefficient (Wildman–Crippen LogP) is 3.35. The topological polar surface area (TPSA) is 105 Å². The predicted molar refractivity (Wildman–Crippen MR) is 85.4 cm³/mol. The zero-order valence-electron chi connectivity index (χ0n) is 12.7. The van der Waals surface area contributed by atoms with E-state index in [1.165, 1.54) is 0 Å². The van der Waals surface area contributed by atoms with Gasteiger partial charge in [-0.25, -0.2) is 9.78 Å². The number of nitrogens with two attached hydrogens (primary N) is 1. The molecule has 0 aliphatic rings. The third-order valence-electron chi connectivity index (χ3n) is 2.98. The van der Waals surface area contributed by atoms with Gasteiger partial charge in [0.05, 0.1) is 11.4 Å². The number of hydrogen-bond donors (Lipinski definition) is 3. The molecule has 1 aromatic carbocycles.